The van der Waals surface area contributed by atoms with E-state index in [1.807, 2.05) is 0 Å². The first kappa shape index (κ1) is 20.9. The number of allylic oxidation sites excluding steroid dienone is 3. The molecule has 29 heavy (non-hydrogen) atoms. The van der Waals surface area contributed by atoms with Gasteiger partial charge in [-0.25, -0.2) is 0 Å². The molecule has 4 heteroatoms. The van der Waals surface area contributed by atoms with Gasteiger partial charge in [0.25, 0.3) is 0 Å². The second-order valence-electron chi connectivity index (χ2n) is 9.04. The van der Waals surface area contributed by atoms with E-state index in [0.29, 0.717) is 38.1 Å². The van der Waals surface area contributed by atoms with Gasteiger partial charge in [-0.2, -0.15) is 10.5 Å². The van der Waals surface area contributed by atoms with Crippen LogP contribution in [0.2, 0.25) is 0 Å². The highest BCUT2D eigenvalue weighted by molar-refractivity contribution is 5.99. The second kappa shape index (κ2) is 8.66. The molecule has 0 aromatic heterocycles. The van der Waals surface area contributed by atoms with Crippen LogP contribution in [-0.4, -0.2) is 18.9 Å². The van der Waals surface area contributed by atoms with Crippen molar-refractivity contribution in [3.63, 3.8) is 0 Å². The Balaban J connectivity index is 1.88. The maximum absolute atomic E-state index is 13.0. The van der Waals surface area contributed by atoms with E-state index < -0.39 is 0 Å². The fraction of sp³-hybridized carbons (Fsp3) is 0.480. The van der Waals surface area contributed by atoms with Crippen LogP contribution < -0.4 is 4.90 Å². The maximum Gasteiger partial charge on any atom is 0.160 e. The first-order valence-corrected chi connectivity index (χ1v) is 10.3. The summed E-state index contributed by atoms with van der Waals surface area (Å²) in [5.74, 6) is 0.387. The van der Waals surface area contributed by atoms with Gasteiger partial charge in [0.05, 0.1) is 25.0 Å². The van der Waals surface area contributed by atoms with Crippen molar-refractivity contribution in [1.29, 1.82) is 10.5 Å². The van der Waals surface area contributed by atoms with Crippen LogP contribution in [-0.2, 0) is 4.79 Å². The van der Waals surface area contributed by atoms with E-state index in [1.165, 1.54) is 11.1 Å². The summed E-state index contributed by atoms with van der Waals surface area (Å²) in [6.45, 7) is 9.82. The molecule has 1 aromatic rings. The summed E-state index contributed by atoms with van der Waals surface area (Å²) in [7, 11) is 0. The number of Topliss-reactive ketones (excluding diaryl/α,β-unsaturated/α-hetero) is 1. The summed E-state index contributed by atoms with van der Waals surface area (Å²) >= 11 is 0. The summed E-state index contributed by atoms with van der Waals surface area (Å²) in [5, 5.41) is 17.8. The lowest BCUT2D eigenvalue weighted by molar-refractivity contribution is -0.118. The van der Waals surface area contributed by atoms with E-state index in [2.05, 4.69) is 61.7 Å². The molecule has 0 saturated carbocycles. The Morgan fingerprint density at radius 2 is 1.72 bits per heavy atom. The first-order chi connectivity index (χ1) is 13.8. The Morgan fingerprint density at radius 1 is 1.10 bits per heavy atom. The average Bonchev–Trinajstić information content (AvgIpc) is 2.66. The van der Waals surface area contributed by atoms with E-state index in [4.69, 9.17) is 10.5 Å². The van der Waals surface area contributed by atoms with Crippen molar-refractivity contribution in [2.75, 3.05) is 18.0 Å². The van der Waals surface area contributed by atoms with E-state index in [-0.39, 0.29) is 11.3 Å². The van der Waals surface area contributed by atoms with Crippen molar-refractivity contribution in [2.24, 2.45) is 5.41 Å². The van der Waals surface area contributed by atoms with Gasteiger partial charge >= 0.3 is 0 Å². The topological polar surface area (TPSA) is 67.9 Å². The van der Waals surface area contributed by atoms with E-state index in [1.54, 1.807) is 0 Å². The van der Waals surface area contributed by atoms with Gasteiger partial charge in [0.15, 0.2) is 5.78 Å². The normalized spacial score (nSPS) is 20.6. The Labute approximate surface area is 174 Å². The van der Waals surface area contributed by atoms with Crippen LogP contribution in [0, 0.1) is 28.1 Å². The molecule has 0 radical (unpaired) electrons. The van der Waals surface area contributed by atoms with Crippen LogP contribution in [0.3, 0.4) is 0 Å². The minimum absolute atomic E-state index is 0.0317. The number of carbonyl (C=O) groups excluding carboxylic acids is 1. The number of hydrogen-bond donors (Lipinski definition) is 0. The number of anilines is 1. The molecule has 1 aromatic carbocycles. The molecule has 4 nitrogen and oxygen atoms in total. The van der Waals surface area contributed by atoms with Crippen LogP contribution in [0.1, 0.15) is 63.9 Å². The number of nitrogens with zero attached hydrogens (tertiary/aromatic N) is 3. The van der Waals surface area contributed by atoms with Crippen molar-refractivity contribution in [3.05, 3.63) is 53.1 Å². The Kier molecular flexibility index (Phi) is 6.23. The molecule has 1 atom stereocenters. The molecule has 150 valence electrons. The molecule has 0 fully saturated rings. The van der Waals surface area contributed by atoms with Crippen LogP contribution in [0.5, 0.6) is 0 Å². The molecule has 0 aliphatic heterocycles. The van der Waals surface area contributed by atoms with Crippen molar-refractivity contribution < 1.29 is 4.79 Å². The largest absolute Gasteiger partial charge is 0.369 e. The number of nitriles is 2. The Bertz CT molecular complexity index is 891. The summed E-state index contributed by atoms with van der Waals surface area (Å²) < 4.78 is 0. The molecule has 0 amide bonds. The first-order valence-electron chi connectivity index (χ1n) is 10.3. The monoisotopic (exact) mass is 387 g/mol. The van der Waals surface area contributed by atoms with E-state index in [0.717, 1.165) is 36.1 Å². The van der Waals surface area contributed by atoms with Crippen molar-refractivity contribution in [1.82, 2.24) is 0 Å². The van der Waals surface area contributed by atoms with Gasteiger partial charge in [-0.3, -0.25) is 4.79 Å². The van der Waals surface area contributed by atoms with Crippen LogP contribution >= 0.6 is 0 Å². The molecule has 0 unspecified atom stereocenters. The fourth-order valence-corrected chi connectivity index (χ4v) is 4.77. The smallest absolute Gasteiger partial charge is 0.160 e. The summed E-state index contributed by atoms with van der Waals surface area (Å²) in [5.41, 5.74) is 5.70. The lowest BCUT2D eigenvalue weighted by atomic mass is 9.65. The third kappa shape index (κ3) is 4.77. The molecule has 0 N–H and O–H groups in total. The lowest BCUT2D eigenvalue weighted by Gasteiger charge is -2.39. The molecule has 2 aliphatic carbocycles. The van der Waals surface area contributed by atoms with Gasteiger partial charge < -0.3 is 4.90 Å². The third-order valence-corrected chi connectivity index (χ3v) is 5.96. The van der Waals surface area contributed by atoms with Crippen molar-refractivity contribution in [2.45, 2.75) is 58.3 Å². The second-order valence-corrected chi connectivity index (χ2v) is 9.04. The Hall–Kier alpha value is -2.85. The van der Waals surface area contributed by atoms with Gasteiger partial charge in [0.1, 0.15) is 0 Å². The van der Waals surface area contributed by atoms with E-state index in [9.17, 15) is 4.79 Å². The number of ketones is 1. The molecule has 0 spiro atoms. The van der Waals surface area contributed by atoms with Crippen LogP contribution in [0.15, 0.2) is 47.6 Å². The van der Waals surface area contributed by atoms with Crippen molar-refractivity contribution in [3.8, 4) is 12.1 Å². The summed E-state index contributed by atoms with van der Waals surface area (Å²) in [4.78, 5) is 15.1. The van der Waals surface area contributed by atoms with E-state index >= 15 is 0 Å². The molecule has 3 rings (SSSR count). The van der Waals surface area contributed by atoms with Gasteiger partial charge in [-0.1, -0.05) is 43.7 Å². The predicted molar refractivity (Wildman–Crippen MR) is 115 cm³/mol. The molecular weight excluding hydrogens is 358 g/mol. The number of benzene rings is 1. The highest BCUT2D eigenvalue weighted by Gasteiger charge is 2.38. The number of carbonyl (C=O) groups is 1. The van der Waals surface area contributed by atoms with Crippen LogP contribution in [0.4, 0.5) is 5.69 Å². The lowest BCUT2D eigenvalue weighted by Crippen LogP contribution is -2.31. The Morgan fingerprint density at radius 3 is 2.31 bits per heavy atom. The van der Waals surface area contributed by atoms with Crippen LogP contribution in [0.25, 0.3) is 0 Å². The SMILES string of the molecule is C=C1CC2=C(C(=O)CC(C)(C)C2)[C@H](c2ccc(N(CCC#N)CCC#N)cc2)C1. The molecular formula is C25H29N3O. The quantitative estimate of drug-likeness (QED) is 0.610. The van der Waals surface area contributed by atoms with Gasteiger partial charge in [0.2, 0.25) is 0 Å². The zero-order valence-electron chi connectivity index (χ0n) is 17.5. The molecule has 0 saturated heterocycles. The maximum atomic E-state index is 13.0. The summed E-state index contributed by atoms with van der Waals surface area (Å²) in [6, 6.07) is 12.7. The standard InChI is InChI=1S/C25H29N3O/c1-18-14-20-16-25(2,3)17-23(29)24(20)22(15-18)19-6-8-21(9-7-19)28(12-4-10-26)13-5-11-27/h6-9,22H,1,4-5,12-17H2,2-3H3/t22-/m0/s1. The number of hydrogen-bond acceptors (Lipinski definition) is 4. The third-order valence-electron chi connectivity index (χ3n) is 5.96. The summed E-state index contributed by atoms with van der Waals surface area (Å²) in [6.07, 6.45) is 4.12. The fourth-order valence-electron chi connectivity index (χ4n) is 4.77. The highest BCUT2D eigenvalue weighted by Crippen LogP contribution is 2.48. The minimum atomic E-state index is 0.0317. The molecule has 0 heterocycles. The average molecular weight is 388 g/mol. The van der Waals surface area contributed by atoms with Gasteiger partial charge in [-0.15, -0.1) is 0 Å². The van der Waals surface area contributed by atoms with Crippen molar-refractivity contribution >= 4 is 11.5 Å². The molecule has 2 aliphatic rings. The predicted octanol–water partition coefficient (Wildman–Crippen LogP) is 5.44. The molecule has 0 bridgehead atoms. The van der Waals surface area contributed by atoms with Gasteiger partial charge in [-0.05, 0) is 42.4 Å². The minimum Gasteiger partial charge on any atom is -0.369 e. The zero-order valence-corrected chi connectivity index (χ0v) is 17.5. The van der Waals surface area contributed by atoms with Gasteiger partial charge in [0, 0.05) is 36.7 Å². The zero-order chi connectivity index (χ0) is 21.0. The highest BCUT2D eigenvalue weighted by atomic mass is 16.1. The number of rotatable bonds is 6.